The Hall–Kier alpha value is -3.51. The standard InChI is InChI=1S/C31H29/c1-24-16-20-28(21-17-24)30(26-10-5-3-6-11-26)14-9-15-31(27-12-7-4-8-13-27)29-22-18-25(2)19-23-29/h3-14,16-23,31H,15H2,1-2H3/q+1. The molecule has 31 heavy (non-hydrogen) atoms. The van der Waals surface area contributed by atoms with Crippen LogP contribution in [0.15, 0.2) is 121 Å². The van der Waals surface area contributed by atoms with E-state index in [1.807, 2.05) is 0 Å². The van der Waals surface area contributed by atoms with Gasteiger partial charge in [0.15, 0.2) is 0 Å². The van der Waals surface area contributed by atoms with E-state index in [9.17, 15) is 0 Å². The van der Waals surface area contributed by atoms with Crippen LogP contribution in [-0.2, 0) is 0 Å². The molecule has 0 amide bonds. The largest absolute Gasteiger partial charge is 0.0643 e. The molecule has 1 unspecified atom stereocenters. The Bertz CT molecular complexity index is 1090. The molecule has 4 aromatic rings. The molecule has 0 aliphatic rings. The van der Waals surface area contributed by atoms with Gasteiger partial charge < -0.3 is 0 Å². The van der Waals surface area contributed by atoms with E-state index in [2.05, 4.69) is 135 Å². The van der Waals surface area contributed by atoms with Crippen LogP contribution in [0.25, 0.3) is 0 Å². The molecule has 0 heterocycles. The number of aryl methyl sites for hydroxylation is 2. The van der Waals surface area contributed by atoms with E-state index in [1.54, 1.807) is 0 Å². The van der Waals surface area contributed by atoms with Crippen LogP contribution in [0.1, 0.15) is 45.7 Å². The minimum Gasteiger partial charge on any atom is -0.0622 e. The number of rotatable bonds is 7. The SMILES string of the molecule is Cc1ccc([C+](C=CCC(c2ccccc2)c2ccc(C)cc2)c2ccccc2)cc1. The molecule has 0 radical (unpaired) electrons. The average molecular weight is 402 g/mol. The third kappa shape index (κ3) is 5.35. The van der Waals surface area contributed by atoms with Gasteiger partial charge in [-0.25, -0.2) is 0 Å². The van der Waals surface area contributed by atoms with Crippen molar-refractivity contribution in [3.63, 3.8) is 0 Å². The van der Waals surface area contributed by atoms with Gasteiger partial charge in [0.05, 0.1) is 17.0 Å². The van der Waals surface area contributed by atoms with Crippen molar-refractivity contribution >= 4 is 0 Å². The van der Waals surface area contributed by atoms with Crippen LogP contribution in [0.5, 0.6) is 0 Å². The predicted molar refractivity (Wildman–Crippen MR) is 132 cm³/mol. The smallest absolute Gasteiger partial charge is 0.0622 e. The van der Waals surface area contributed by atoms with Crippen molar-refractivity contribution < 1.29 is 0 Å². The van der Waals surface area contributed by atoms with E-state index >= 15 is 0 Å². The number of hydrogen-bond donors (Lipinski definition) is 0. The van der Waals surface area contributed by atoms with Crippen molar-refractivity contribution in [2.24, 2.45) is 0 Å². The summed E-state index contributed by atoms with van der Waals surface area (Å²) in [6.07, 6.45) is 5.58. The van der Waals surface area contributed by atoms with Crippen molar-refractivity contribution in [2.45, 2.75) is 26.2 Å². The van der Waals surface area contributed by atoms with E-state index in [1.165, 1.54) is 39.3 Å². The van der Waals surface area contributed by atoms with Gasteiger partial charge in [0, 0.05) is 5.92 Å². The molecule has 0 spiro atoms. The van der Waals surface area contributed by atoms with Gasteiger partial charge in [-0.05, 0) is 104 Å². The van der Waals surface area contributed by atoms with Crippen LogP contribution in [-0.4, -0.2) is 0 Å². The lowest BCUT2D eigenvalue weighted by molar-refractivity contribution is 0.827. The molecule has 0 aliphatic heterocycles. The zero-order valence-corrected chi connectivity index (χ0v) is 18.3. The predicted octanol–water partition coefficient (Wildman–Crippen LogP) is 8.05. The first kappa shape index (κ1) is 20.8. The molecule has 1 atom stereocenters. The van der Waals surface area contributed by atoms with Gasteiger partial charge in [-0.15, -0.1) is 0 Å². The first-order chi connectivity index (χ1) is 15.2. The highest BCUT2D eigenvalue weighted by Crippen LogP contribution is 2.31. The minimum absolute atomic E-state index is 0.341. The Balaban J connectivity index is 1.64. The van der Waals surface area contributed by atoms with Crippen LogP contribution in [0.2, 0.25) is 0 Å². The lowest BCUT2D eigenvalue weighted by atomic mass is 9.86. The highest BCUT2D eigenvalue weighted by molar-refractivity contribution is 5.51. The monoisotopic (exact) mass is 401 g/mol. The summed E-state index contributed by atoms with van der Waals surface area (Å²) in [7, 11) is 0. The summed E-state index contributed by atoms with van der Waals surface area (Å²) in [4.78, 5) is 0. The molecule has 4 rings (SSSR count). The molecule has 0 N–H and O–H groups in total. The molecule has 4 aromatic carbocycles. The van der Waals surface area contributed by atoms with Crippen LogP contribution >= 0.6 is 0 Å². The van der Waals surface area contributed by atoms with Crippen molar-refractivity contribution in [1.29, 1.82) is 0 Å². The van der Waals surface area contributed by atoms with Crippen LogP contribution in [0.3, 0.4) is 0 Å². The number of allylic oxidation sites excluding steroid dienone is 2. The normalized spacial score (nSPS) is 12.1. The Morgan fingerprint density at radius 3 is 1.68 bits per heavy atom. The Kier molecular flexibility index (Phi) is 6.69. The zero-order chi connectivity index (χ0) is 21.5. The molecule has 0 heteroatoms. The Labute approximate surface area is 186 Å². The molecule has 0 nitrogen and oxygen atoms in total. The molecule has 0 aromatic heterocycles. The quantitative estimate of drug-likeness (QED) is 0.275. The number of benzene rings is 4. The maximum atomic E-state index is 2.33. The maximum absolute atomic E-state index is 2.33. The second kappa shape index (κ2) is 10.00. The fourth-order valence-electron chi connectivity index (χ4n) is 3.98. The topological polar surface area (TPSA) is 0 Å². The summed E-state index contributed by atoms with van der Waals surface area (Å²) < 4.78 is 0. The summed E-state index contributed by atoms with van der Waals surface area (Å²) in [5, 5.41) is 0. The molecular formula is C31H29+. The molecule has 152 valence electrons. The van der Waals surface area contributed by atoms with Gasteiger partial charge >= 0.3 is 0 Å². The number of hydrogen-bond acceptors (Lipinski definition) is 0. The van der Waals surface area contributed by atoms with Crippen molar-refractivity contribution in [3.05, 3.63) is 161 Å². The van der Waals surface area contributed by atoms with E-state index in [-0.39, 0.29) is 0 Å². The lowest BCUT2D eigenvalue weighted by Gasteiger charge is -2.16. The van der Waals surface area contributed by atoms with Crippen LogP contribution in [0.4, 0.5) is 0 Å². The van der Waals surface area contributed by atoms with Gasteiger partial charge in [0.25, 0.3) is 0 Å². The van der Waals surface area contributed by atoms with E-state index in [0.717, 1.165) is 6.42 Å². The summed E-state index contributed by atoms with van der Waals surface area (Å²) in [6.45, 7) is 4.28. The van der Waals surface area contributed by atoms with E-state index in [0.29, 0.717) is 5.92 Å². The fraction of sp³-hybridized carbons (Fsp3) is 0.129. The van der Waals surface area contributed by atoms with E-state index < -0.39 is 0 Å². The molecule has 0 bridgehead atoms. The second-order valence-corrected chi connectivity index (χ2v) is 8.16. The van der Waals surface area contributed by atoms with Gasteiger partial charge in [-0.2, -0.15) is 0 Å². The first-order valence-electron chi connectivity index (χ1n) is 11.0. The fourth-order valence-corrected chi connectivity index (χ4v) is 3.98. The molecular weight excluding hydrogens is 372 g/mol. The summed E-state index contributed by atoms with van der Waals surface area (Å²) in [6, 6.07) is 39.3. The second-order valence-electron chi connectivity index (χ2n) is 8.16. The van der Waals surface area contributed by atoms with Gasteiger partial charge in [0.2, 0.25) is 0 Å². The summed E-state index contributed by atoms with van der Waals surface area (Å²) >= 11 is 0. The van der Waals surface area contributed by atoms with E-state index in [4.69, 9.17) is 0 Å². The first-order valence-corrected chi connectivity index (χ1v) is 11.0. The Morgan fingerprint density at radius 1 is 0.581 bits per heavy atom. The highest BCUT2D eigenvalue weighted by atomic mass is 14.2. The van der Waals surface area contributed by atoms with Crippen molar-refractivity contribution in [1.82, 2.24) is 0 Å². The van der Waals surface area contributed by atoms with Gasteiger partial charge in [-0.3, -0.25) is 0 Å². The maximum Gasteiger partial charge on any atom is 0.0643 e. The van der Waals surface area contributed by atoms with Gasteiger partial charge in [-0.1, -0.05) is 60.2 Å². The van der Waals surface area contributed by atoms with Gasteiger partial charge in [0.1, 0.15) is 0 Å². The lowest BCUT2D eigenvalue weighted by Crippen LogP contribution is -2.02. The minimum atomic E-state index is 0.341. The molecule has 0 aliphatic carbocycles. The Morgan fingerprint density at radius 2 is 1.06 bits per heavy atom. The molecule has 0 fully saturated rings. The molecule has 0 saturated carbocycles. The third-order valence-electron chi connectivity index (χ3n) is 5.79. The highest BCUT2D eigenvalue weighted by Gasteiger charge is 2.18. The van der Waals surface area contributed by atoms with Crippen molar-refractivity contribution in [2.75, 3.05) is 0 Å². The average Bonchev–Trinajstić information content (AvgIpc) is 2.82. The molecule has 0 saturated heterocycles. The van der Waals surface area contributed by atoms with Crippen LogP contribution < -0.4 is 0 Å². The third-order valence-corrected chi connectivity index (χ3v) is 5.79. The zero-order valence-electron chi connectivity index (χ0n) is 18.3. The summed E-state index contributed by atoms with van der Waals surface area (Å²) in [5.41, 5.74) is 7.79. The van der Waals surface area contributed by atoms with Crippen LogP contribution in [0, 0.1) is 19.8 Å². The van der Waals surface area contributed by atoms with Crippen molar-refractivity contribution in [3.8, 4) is 0 Å². The summed E-state index contributed by atoms with van der Waals surface area (Å²) in [5.74, 6) is 1.60.